The Balaban J connectivity index is 2.56. The molecule has 58 valence electrons. The molecule has 0 aromatic carbocycles. The normalized spacial score (nSPS) is 39.3. The molecule has 0 aromatic heterocycles. The van der Waals surface area contributed by atoms with Crippen LogP contribution in [-0.4, -0.2) is 29.0 Å². The lowest BCUT2D eigenvalue weighted by molar-refractivity contribution is -0.0507. The van der Waals surface area contributed by atoms with Crippen LogP contribution >= 0.6 is 0 Å². The van der Waals surface area contributed by atoms with E-state index in [-0.39, 0.29) is 12.5 Å². The van der Waals surface area contributed by atoms with Gasteiger partial charge in [0.05, 0.1) is 19.0 Å². The van der Waals surface area contributed by atoms with Crippen molar-refractivity contribution in [2.75, 3.05) is 6.61 Å². The smallest absolute Gasteiger partial charge is 0.147 e. The SMILES string of the molecule is CC1C=COC(CO)C1O. The van der Waals surface area contributed by atoms with Crippen LogP contribution in [0.3, 0.4) is 0 Å². The monoisotopic (exact) mass is 144 g/mol. The van der Waals surface area contributed by atoms with E-state index in [1.54, 1.807) is 6.08 Å². The third kappa shape index (κ3) is 1.30. The van der Waals surface area contributed by atoms with Gasteiger partial charge in [-0.15, -0.1) is 0 Å². The second-order valence-electron chi connectivity index (χ2n) is 2.54. The molecule has 0 aromatic rings. The van der Waals surface area contributed by atoms with Crippen LogP contribution in [0.2, 0.25) is 0 Å². The number of hydrogen-bond acceptors (Lipinski definition) is 3. The van der Waals surface area contributed by atoms with Crippen LogP contribution in [0.15, 0.2) is 12.3 Å². The van der Waals surface area contributed by atoms with E-state index in [1.807, 2.05) is 6.92 Å². The van der Waals surface area contributed by atoms with Gasteiger partial charge in [0.15, 0.2) is 0 Å². The molecule has 2 N–H and O–H groups in total. The molecule has 0 spiro atoms. The molecule has 3 heteroatoms. The quantitative estimate of drug-likeness (QED) is 0.539. The van der Waals surface area contributed by atoms with Gasteiger partial charge in [-0.05, 0) is 6.08 Å². The first-order chi connectivity index (χ1) is 4.75. The molecule has 0 aliphatic carbocycles. The van der Waals surface area contributed by atoms with Gasteiger partial charge in [0.2, 0.25) is 0 Å². The van der Waals surface area contributed by atoms with Crippen molar-refractivity contribution in [1.82, 2.24) is 0 Å². The van der Waals surface area contributed by atoms with Crippen molar-refractivity contribution < 1.29 is 14.9 Å². The lowest BCUT2D eigenvalue weighted by Gasteiger charge is -2.27. The minimum atomic E-state index is -0.574. The zero-order chi connectivity index (χ0) is 7.56. The second kappa shape index (κ2) is 3.03. The van der Waals surface area contributed by atoms with Crippen LogP contribution in [0.25, 0.3) is 0 Å². The van der Waals surface area contributed by atoms with Gasteiger partial charge in [-0.25, -0.2) is 0 Å². The summed E-state index contributed by atoms with van der Waals surface area (Å²) < 4.78 is 4.93. The van der Waals surface area contributed by atoms with E-state index in [0.717, 1.165) is 0 Å². The highest BCUT2D eigenvalue weighted by Crippen LogP contribution is 2.16. The summed E-state index contributed by atoms with van der Waals surface area (Å²) in [6, 6.07) is 0. The Labute approximate surface area is 59.9 Å². The van der Waals surface area contributed by atoms with E-state index in [4.69, 9.17) is 9.84 Å². The van der Waals surface area contributed by atoms with Crippen molar-refractivity contribution in [1.29, 1.82) is 0 Å². The van der Waals surface area contributed by atoms with Gasteiger partial charge >= 0.3 is 0 Å². The summed E-state index contributed by atoms with van der Waals surface area (Å²) in [7, 11) is 0. The molecular weight excluding hydrogens is 132 g/mol. The van der Waals surface area contributed by atoms with Crippen molar-refractivity contribution in [2.24, 2.45) is 5.92 Å². The van der Waals surface area contributed by atoms with Crippen LogP contribution in [0.1, 0.15) is 6.92 Å². The van der Waals surface area contributed by atoms with E-state index < -0.39 is 12.2 Å². The maximum atomic E-state index is 9.30. The van der Waals surface area contributed by atoms with E-state index >= 15 is 0 Å². The fourth-order valence-corrected chi connectivity index (χ4v) is 0.954. The maximum absolute atomic E-state index is 9.30. The maximum Gasteiger partial charge on any atom is 0.147 e. The van der Waals surface area contributed by atoms with Gasteiger partial charge in [0.25, 0.3) is 0 Å². The van der Waals surface area contributed by atoms with Crippen molar-refractivity contribution in [3.63, 3.8) is 0 Å². The van der Waals surface area contributed by atoms with Crippen LogP contribution in [-0.2, 0) is 4.74 Å². The summed E-state index contributed by atoms with van der Waals surface area (Å²) in [5.41, 5.74) is 0. The predicted molar refractivity (Wildman–Crippen MR) is 36.3 cm³/mol. The average Bonchev–Trinajstić information content (AvgIpc) is 1.95. The number of aliphatic hydroxyl groups excluding tert-OH is 2. The molecule has 0 radical (unpaired) electrons. The van der Waals surface area contributed by atoms with Gasteiger partial charge in [-0.1, -0.05) is 6.92 Å². The third-order valence-electron chi connectivity index (χ3n) is 1.74. The van der Waals surface area contributed by atoms with E-state index in [1.165, 1.54) is 6.26 Å². The van der Waals surface area contributed by atoms with Crippen LogP contribution < -0.4 is 0 Å². The molecule has 0 bridgehead atoms. The molecule has 1 aliphatic heterocycles. The van der Waals surface area contributed by atoms with Gasteiger partial charge in [-0.2, -0.15) is 0 Å². The highest BCUT2D eigenvalue weighted by Gasteiger charge is 2.26. The summed E-state index contributed by atoms with van der Waals surface area (Å²) in [5.74, 6) is 0.0749. The largest absolute Gasteiger partial charge is 0.493 e. The van der Waals surface area contributed by atoms with Crippen molar-refractivity contribution in [3.05, 3.63) is 12.3 Å². The summed E-state index contributed by atoms with van der Waals surface area (Å²) >= 11 is 0. The lowest BCUT2D eigenvalue weighted by Crippen LogP contribution is -2.37. The Hall–Kier alpha value is -0.540. The number of hydrogen-bond donors (Lipinski definition) is 2. The Morgan fingerprint density at radius 2 is 2.30 bits per heavy atom. The topological polar surface area (TPSA) is 49.7 Å². The second-order valence-corrected chi connectivity index (χ2v) is 2.54. The average molecular weight is 144 g/mol. The van der Waals surface area contributed by atoms with Crippen molar-refractivity contribution >= 4 is 0 Å². The molecule has 3 nitrogen and oxygen atoms in total. The van der Waals surface area contributed by atoms with E-state index in [2.05, 4.69) is 0 Å². The Morgan fingerprint density at radius 1 is 1.60 bits per heavy atom. The predicted octanol–water partition coefficient (Wildman–Crippen LogP) is -0.112. The number of rotatable bonds is 1. The Bertz CT molecular complexity index is 133. The molecule has 0 saturated heterocycles. The first-order valence-electron chi connectivity index (χ1n) is 3.36. The Morgan fingerprint density at radius 3 is 2.80 bits per heavy atom. The highest BCUT2D eigenvalue weighted by atomic mass is 16.5. The molecule has 1 rings (SSSR count). The third-order valence-corrected chi connectivity index (χ3v) is 1.74. The first-order valence-corrected chi connectivity index (χ1v) is 3.36. The summed E-state index contributed by atoms with van der Waals surface area (Å²) in [4.78, 5) is 0. The number of ether oxygens (including phenoxy) is 1. The number of aliphatic hydroxyl groups is 2. The zero-order valence-corrected chi connectivity index (χ0v) is 5.90. The van der Waals surface area contributed by atoms with E-state index in [0.29, 0.717) is 0 Å². The fourth-order valence-electron chi connectivity index (χ4n) is 0.954. The summed E-state index contributed by atoms with van der Waals surface area (Å²) in [6.07, 6.45) is 2.28. The Kier molecular flexibility index (Phi) is 2.29. The first kappa shape index (κ1) is 7.57. The summed E-state index contributed by atoms with van der Waals surface area (Å²) in [5, 5.41) is 18.0. The van der Waals surface area contributed by atoms with Crippen LogP contribution in [0.4, 0.5) is 0 Å². The zero-order valence-electron chi connectivity index (χ0n) is 5.90. The molecule has 0 amide bonds. The molecule has 10 heavy (non-hydrogen) atoms. The lowest BCUT2D eigenvalue weighted by atomic mass is 9.99. The molecule has 1 aliphatic rings. The van der Waals surface area contributed by atoms with Gasteiger partial charge in [0.1, 0.15) is 6.10 Å². The molecule has 3 atom stereocenters. The van der Waals surface area contributed by atoms with Gasteiger partial charge in [-0.3, -0.25) is 0 Å². The molecule has 0 saturated carbocycles. The van der Waals surface area contributed by atoms with Crippen molar-refractivity contribution in [3.8, 4) is 0 Å². The molecular formula is C7H12O3. The highest BCUT2D eigenvalue weighted by molar-refractivity contribution is 4.93. The minimum absolute atomic E-state index is 0.0749. The summed E-state index contributed by atoms with van der Waals surface area (Å²) in [6.45, 7) is 1.75. The van der Waals surface area contributed by atoms with Gasteiger partial charge in [0, 0.05) is 5.92 Å². The molecule has 1 heterocycles. The van der Waals surface area contributed by atoms with Crippen LogP contribution in [0, 0.1) is 5.92 Å². The van der Waals surface area contributed by atoms with E-state index in [9.17, 15) is 5.11 Å². The molecule has 0 fully saturated rings. The minimum Gasteiger partial charge on any atom is -0.493 e. The fraction of sp³-hybridized carbons (Fsp3) is 0.714. The molecule has 3 unspecified atom stereocenters. The standard InChI is InChI=1S/C7H12O3/c1-5-2-3-10-6(4-8)7(5)9/h2-3,5-9H,4H2,1H3. The van der Waals surface area contributed by atoms with Crippen molar-refractivity contribution in [2.45, 2.75) is 19.1 Å². The van der Waals surface area contributed by atoms with Crippen LogP contribution in [0.5, 0.6) is 0 Å². The van der Waals surface area contributed by atoms with Gasteiger partial charge < -0.3 is 14.9 Å².